The van der Waals surface area contributed by atoms with Crippen molar-refractivity contribution in [3.8, 4) is 0 Å². The fourth-order valence-electron chi connectivity index (χ4n) is 1.86. The van der Waals surface area contributed by atoms with Crippen LogP contribution in [0.5, 0.6) is 0 Å². The number of carbonyl (C=O) groups is 2. The summed E-state index contributed by atoms with van der Waals surface area (Å²) in [6.07, 6.45) is 1.08. The first kappa shape index (κ1) is 13.4. The lowest BCUT2D eigenvalue weighted by atomic mass is 9.97. The van der Waals surface area contributed by atoms with E-state index < -0.39 is 11.6 Å². The van der Waals surface area contributed by atoms with Crippen molar-refractivity contribution in [2.75, 3.05) is 7.11 Å². The van der Waals surface area contributed by atoms with Crippen LogP contribution in [0.15, 0.2) is 0 Å². The molecule has 0 bridgehead atoms. The van der Waals surface area contributed by atoms with E-state index in [1.54, 1.807) is 13.8 Å². The number of aromatic amines is 1. The maximum Gasteiger partial charge on any atom is 0.340 e. The fourth-order valence-corrected chi connectivity index (χ4v) is 1.86. The van der Waals surface area contributed by atoms with Crippen LogP contribution >= 0.6 is 0 Å². The van der Waals surface area contributed by atoms with E-state index in [9.17, 15) is 14.7 Å². The van der Waals surface area contributed by atoms with Crippen LogP contribution in [0.3, 0.4) is 0 Å². The maximum absolute atomic E-state index is 11.6. The molecule has 0 unspecified atom stereocenters. The number of carbonyl (C=O) groups excluding carboxylic acids is 2. The number of esters is 1. The van der Waals surface area contributed by atoms with Gasteiger partial charge in [0.15, 0.2) is 6.29 Å². The molecule has 0 saturated carbocycles. The maximum atomic E-state index is 11.6. The van der Waals surface area contributed by atoms with Gasteiger partial charge in [0.1, 0.15) is 0 Å². The highest BCUT2D eigenvalue weighted by Crippen LogP contribution is 2.28. The number of methoxy groups -OCH3 is 1. The van der Waals surface area contributed by atoms with E-state index >= 15 is 0 Å². The summed E-state index contributed by atoms with van der Waals surface area (Å²) in [7, 11) is 1.26. The smallest absolute Gasteiger partial charge is 0.340 e. The lowest BCUT2D eigenvalue weighted by Gasteiger charge is -2.17. The molecule has 2 N–H and O–H groups in total. The van der Waals surface area contributed by atoms with Crippen molar-refractivity contribution in [2.45, 2.75) is 32.8 Å². The van der Waals surface area contributed by atoms with Crippen LogP contribution in [0, 0.1) is 0 Å². The van der Waals surface area contributed by atoms with E-state index in [4.69, 9.17) is 0 Å². The molecule has 0 aliphatic rings. The highest BCUT2D eigenvalue weighted by Gasteiger charge is 2.29. The third-order valence-corrected chi connectivity index (χ3v) is 2.61. The summed E-state index contributed by atoms with van der Waals surface area (Å²) in [5, 5.41) is 9.99. The highest BCUT2D eigenvalue weighted by molar-refractivity contribution is 5.99. The minimum absolute atomic E-state index is 0.144. The lowest BCUT2D eigenvalue weighted by molar-refractivity contribution is 0.0596. The van der Waals surface area contributed by atoms with Gasteiger partial charge in [0.2, 0.25) is 0 Å². The van der Waals surface area contributed by atoms with Gasteiger partial charge in [0, 0.05) is 0 Å². The number of aromatic nitrogens is 1. The second-order valence-electron chi connectivity index (χ2n) is 4.29. The van der Waals surface area contributed by atoms with Gasteiger partial charge in [-0.3, -0.25) is 4.79 Å². The van der Waals surface area contributed by atoms with Gasteiger partial charge in [0.25, 0.3) is 0 Å². The topological polar surface area (TPSA) is 79.4 Å². The number of hydrogen-bond acceptors (Lipinski definition) is 4. The van der Waals surface area contributed by atoms with E-state index in [0.29, 0.717) is 24.0 Å². The molecule has 0 fully saturated rings. The Kier molecular flexibility index (Phi) is 3.72. The molecule has 1 aromatic heterocycles. The number of ether oxygens (including phenoxy) is 1. The third-order valence-electron chi connectivity index (χ3n) is 2.61. The summed E-state index contributed by atoms with van der Waals surface area (Å²) >= 11 is 0. The van der Waals surface area contributed by atoms with Crippen molar-refractivity contribution in [2.24, 2.45) is 0 Å². The molecule has 0 amide bonds. The number of nitrogens with one attached hydrogen (secondary N) is 1. The second-order valence-corrected chi connectivity index (χ2v) is 4.29. The summed E-state index contributed by atoms with van der Waals surface area (Å²) in [6, 6.07) is 0. The van der Waals surface area contributed by atoms with Gasteiger partial charge in [0.05, 0.1) is 29.7 Å². The van der Waals surface area contributed by atoms with Crippen molar-refractivity contribution in [1.82, 2.24) is 4.98 Å². The lowest BCUT2D eigenvalue weighted by Crippen LogP contribution is -2.18. The van der Waals surface area contributed by atoms with Crippen LogP contribution in [0.4, 0.5) is 0 Å². The molecular formula is C12H17NO4. The molecule has 94 valence electrons. The molecule has 0 aromatic carbocycles. The molecule has 0 saturated heterocycles. The minimum Gasteiger partial charge on any atom is -0.465 e. The standard InChI is InChI=1S/C12H17NO4/c1-5-7-9(11(15)17-4)8(6-14)13-10(7)12(2,3)16/h6,13,16H,5H2,1-4H3. The number of hydrogen-bond donors (Lipinski definition) is 2. The van der Waals surface area contributed by atoms with E-state index in [1.807, 2.05) is 6.92 Å². The SMILES string of the molecule is CCc1c(C(C)(C)O)[nH]c(C=O)c1C(=O)OC. The van der Waals surface area contributed by atoms with Crippen LogP contribution in [0.1, 0.15) is 52.9 Å². The van der Waals surface area contributed by atoms with Crippen molar-refractivity contribution < 1.29 is 19.4 Å². The number of rotatable bonds is 4. The fraction of sp³-hybridized carbons (Fsp3) is 0.500. The van der Waals surface area contributed by atoms with Crippen LogP contribution in [-0.4, -0.2) is 29.5 Å². The van der Waals surface area contributed by atoms with E-state index in [1.165, 1.54) is 7.11 Å². The van der Waals surface area contributed by atoms with E-state index in [0.717, 1.165) is 0 Å². The predicted molar refractivity (Wildman–Crippen MR) is 62.1 cm³/mol. The van der Waals surface area contributed by atoms with Gasteiger partial charge in [-0.15, -0.1) is 0 Å². The monoisotopic (exact) mass is 239 g/mol. The van der Waals surface area contributed by atoms with E-state index in [-0.39, 0.29) is 11.3 Å². The summed E-state index contributed by atoms with van der Waals surface area (Å²) in [5.74, 6) is -0.573. The molecule has 0 spiro atoms. The molecular weight excluding hydrogens is 222 g/mol. The highest BCUT2D eigenvalue weighted by atomic mass is 16.5. The minimum atomic E-state index is -1.14. The summed E-state index contributed by atoms with van der Waals surface area (Å²) in [4.78, 5) is 25.4. The van der Waals surface area contributed by atoms with Crippen molar-refractivity contribution in [3.05, 3.63) is 22.5 Å². The van der Waals surface area contributed by atoms with Crippen molar-refractivity contribution in [1.29, 1.82) is 0 Å². The Bertz CT molecular complexity index is 440. The normalized spacial score (nSPS) is 11.4. The number of H-pyrrole nitrogens is 1. The number of aldehydes is 1. The molecule has 5 heteroatoms. The van der Waals surface area contributed by atoms with Gasteiger partial charge >= 0.3 is 5.97 Å². The Morgan fingerprint density at radius 3 is 2.47 bits per heavy atom. The van der Waals surface area contributed by atoms with Crippen LogP contribution in [0.25, 0.3) is 0 Å². The van der Waals surface area contributed by atoms with Crippen LogP contribution in [-0.2, 0) is 16.8 Å². The van der Waals surface area contributed by atoms with Crippen molar-refractivity contribution in [3.63, 3.8) is 0 Å². The first-order valence-electron chi connectivity index (χ1n) is 5.38. The quantitative estimate of drug-likeness (QED) is 0.615. The Hall–Kier alpha value is -1.62. The molecule has 0 aliphatic heterocycles. The average molecular weight is 239 g/mol. The molecule has 17 heavy (non-hydrogen) atoms. The first-order valence-corrected chi connectivity index (χ1v) is 5.38. The zero-order valence-corrected chi connectivity index (χ0v) is 10.5. The van der Waals surface area contributed by atoms with Gasteiger partial charge in [-0.1, -0.05) is 6.92 Å². The first-order chi connectivity index (χ1) is 7.86. The Morgan fingerprint density at radius 1 is 1.53 bits per heavy atom. The number of aliphatic hydroxyl groups is 1. The predicted octanol–water partition coefficient (Wildman–Crippen LogP) is 1.40. The average Bonchev–Trinajstić information content (AvgIpc) is 2.65. The van der Waals surface area contributed by atoms with Crippen LogP contribution < -0.4 is 0 Å². The molecule has 1 rings (SSSR count). The summed E-state index contributed by atoms with van der Waals surface area (Å²) in [6.45, 7) is 5.03. The van der Waals surface area contributed by atoms with Crippen molar-refractivity contribution >= 4 is 12.3 Å². The summed E-state index contributed by atoms with van der Waals surface area (Å²) < 4.78 is 4.65. The van der Waals surface area contributed by atoms with Gasteiger partial charge in [-0.25, -0.2) is 4.79 Å². The van der Waals surface area contributed by atoms with Gasteiger partial charge < -0.3 is 14.8 Å². The molecule has 0 aliphatic carbocycles. The second kappa shape index (κ2) is 4.71. The van der Waals surface area contributed by atoms with Gasteiger partial charge in [-0.05, 0) is 25.8 Å². The molecule has 0 atom stereocenters. The molecule has 1 aromatic rings. The van der Waals surface area contributed by atoms with Gasteiger partial charge in [-0.2, -0.15) is 0 Å². The summed E-state index contributed by atoms with van der Waals surface area (Å²) in [5.41, 5.74) is 0.303. The van der Waals surface area contributed by atoms with Crippen LogP contribution in [0.2, 0.25) is 0 Å². The Balaban J connectivity index is 3.52. The van der Waals surface area contributed by atoms with E-state index in [2.05, 4.69) is 9.72 Å². The zero-order valence-electron chi connectivity index (χ0n) is 10.5. The third kappa shape index (κ3) is 2.39. The Morgan fingerprint density at radius 2 is 2.12 bits per heavy atom. The molecule has 5 nitrogen and oxygen atoms in total. The zero-order chi connectivity index (χ0) is 13.2. The molecule has 0 radical (unpaired) electrons. The Labute approximate surface area is 99.8 Å². The molecule has 1 heterocycles. The largest absolute Gasteiger partial charge is 0.465 e.